The molecule has 0 aliphatic carbocycles. The van der Waals surface area contributed by atoms with Crippen LogP contribution in [-0.2, 0) is 9.84 Å². The van der Waals surface area contributed by atoms with Crippen molar-refractivity contribution >= 4 is 42.6 Å². The van der Waals surface area contributed by atoms with Crippen molar-refractivity contribution in [2.24, 2.45) is 0 Å². The summed E-state index contributed by atoms with van der Waals surface area (Å²) >= 11 is 3.42. The molecule has 2 aromatic carbocycles. The lowest BCUT2D eigenvalue weighted by Gasteiger charge is -2.30. The van der Waals surface area contributed by atoms with Gasteiger partial charge in [0.1, 0.15) is 5.58 Å². The number of rotatable bonds is 2. The van der Waals surface area contributed by atoms with Crippen molar-refractivity contribution < 1.29 is 17.6 Å². The highest BCUT2D eigenvalue weighted by Crippen LogP contribution is 2.41. The minimum atomic E-state index is -3.23. The molecule has 1 aromatic heterocycles. The van der Waals surface area contributed by atoms with E-state index in [0.717, 1.165) is 21.2 Å². The van der Waals surface area contributed by atoms with Gasteiger partial charge < -0.3 is 9.32 Å². The zero-order valence-corrected chi connectivity index (χ0v) is 19.4. The third-order valence-corrected chi connectivity index (χ3v) is 8.59. The van der Waals surface area contributed by atoms with E-state index in [1.807, 2.05) is 38.1 Å². The molecule has 0 saturated carbocycles. The van der Waals surface area contributed by atoms with Crippen molar-refractivity contribution in [1.82, 2.24) is 4.90 Å². The van der Waals surface area contributed by atoms with Crippen molar-refractivity contribution in [3.63, 3.8) is 0 Å². The number of fused-ring (bicyclic) bond motifs is 2. The van der Waals surface area contributed by atoms with Crippen molar-refractivity contribution in [3.8, 4) is 0 Å². The fourth-order valence-electron chi connectivity index (χ4n) is 4.59. The van der Waals surface area contributed by atoms with Gasteiger partial charge in [-0.05, 0) is 61.2 Å². The molecule has 160 valence electrons. The van der Waals surface area contributed by atoms with Crippen molar-refractivity contribution in [2.75, 3.05) is 11.5 Å². The van der Waals surface area contributed by atoms with Gasteiger partial charge in [-0.1, -0.05) is 28.1 Å². The average Bonchev–Trinajstić information content (AvgIpc) is 3.21. The Morgan fingerprint density at radius 2 is 1.74 bits per heavy atom. The van der Waals surface area contributed by atoms with Gasteiger partial charge in [0, 0.05) is 10.5 Å². The Hall–Kier alpha value is -2.45. The summed E-state index contributed by atoms with van der Waals surface area (Å²) in [6.45, 7) is 3.85. The molecule has 0 spiro atoms. The third kappa shape index (κ3) is 3.24. The lowest BCUT2D eigenvalue weighted by molar-refractivity contribution is 0.0662. The molecule has 6 nitrogen and oxygen atoms in total. The lowest BCUT2D eigenvalue weighted by atomic mass is 9.97. The number of amides is 1. The van der Waals surface area contributed by atoms with Crippen LogP contribution in [0.25, 0.3) is 11.0 Å². The van der Waals surface area contributed by atoms with Crippen LogP contribution in [0.15, 0.2) is 50.1 Å². The van der Waals surface area contributed by atoms with E-state index < -0.39 is 27.8 Å². The first kappa shape index (κ1) is 20.5. The molecule has 1 amide bonds. The number of nitrogens with zero attached hydrogens (tertiary/aromatic N) is 1. The molecular formula is C23H20BrNO5S. The number of halogens is 1. The quantitative estimate of drug-likeness (QED) is 0.531. The largest absolute Gasteiger partial charge is 0.450 e. The SMILES string of the molecule is Cc1cc2oc3c(c(=O)c2cc1C)C(c1ccc(Br)cc1)N(C1CCS(=O)(=O)C1)C3=O. The molecule has 2 unspecified atom stereocenters. The third-order valence-electron chi connectivity index (χ3n) is 6.31. The Labute approximate surface area is 187 Å². The van der Waals surface area contributed by atoms with Crippen LogP contribution in [0.5, 0.6) is 0 Å². The van der Waals surface area contributed by atoms with Gasteiger partial charge >= 0.3 is 0 Å². The molecule has 31 heavy (non-hydrogen) atoms. The topological polar surface area (TPSA) is 84.7 Å². The number of hydrogen-bond donors (Lipinski definition) is 0. The lowest BCUT2D eigenvalue weighted by Crippen LogP contribution is -2.40. The Kier molecular flexibility index (Phi) is 4.64. The van der Waals surface area contributed by atoms with Crippen LogP contribution < -0.4 is 5.43 Å². The normalized spacial score (nSPS) is 22.3. The monoisotopic (exact) mass is 501 g/mol. The number of sulfone groups is 1. The van der Waals surface area contributed by atoms with E-state index in [2.05, 4.69) is 15.9 Å². The maximum atomic E-state index is 13.6. The summed E-state index contributed by atoms with van der Waals surface area (Å²) in [5.41, 5.74) is 3.08. The summed E-state index contributed by atoms with van der Waals surface area (Å²) in [5.74, 6) is -0.488. The van der Waals surface area contributed by atoms with Crippen LogP contribution in [-0.4, -0.2) is 36.8 Å². The van der Waals surface area contributed by atoms with Crippen LogP contribution in [0, 0.1) is 13.8 Å². The van der Waals surface area contributed by atoms with Crippen molar-refractivity contribution in [1.29, 1.82) is 0 Å². The number of benzene rings is 2. The van der Waals surface area contributed by atoms with Gasteiger partial charge in [0.25, 0.3) is 5.91 Å². The van der Waals surface area contributed by atoms with Crippen LogP contribution in [0.3, 0.4) is 0 Å². The minimum Gasteiger partial charge on any atom is -0.450 e. The highest BCUT2D eigenvalue weighted by Gasteiger charge is 2.48. The maximum absolute atomic E-state index is 13.6. The van der Waals surface area contributed by atoms with Gasteiger partial charge in [-0.25, -0.2) is 8.42 Å². The van der Waals surface area contributed by atoms with E-state index in [1.54, 1.807) is 17.0 Å². The second-order valence-corrected chi connectivity index (χ2v) is 11.5. The molecular weight excluding hydrogens is 482 g/mol. The fraction of sp³-hybridized carbons (Fsp3) is 0.304. The molecule has 3 aromatic rings. The molecule has 2 atom stereocenters. The Morgan fingerprint density at radius 1 is 1.06 bits per heavy atom. The van der Waals surface area contributed by atoms with Gasteiger partial charge in [-0.3, -0.25) is 9.59 Å². The van der Waals surface area contributed by atoms with E-state index in [0.29, 0.717) is 17.4 Å². The molecule has 3 heterocycles. The first-order chi connectivity index (χ1) is 14.7. The highest BCUT2D eigenvalue weighted by atomic mass is 79.9. The summed E-state index contributed by atoms with van der Waals surface area (Å²) in [7, 11) is -3.23. The highest BCUT2D eigenvalue weighted by molar-refractivity contribution is 9.10. The molecule has 2 aliphatic heterocycles. The molecule has 0 bridgehead atoms. The van der Waals surface area contributed by atoms with E-state index in [9.17, 15) is 18.0 Å². The minimum absolute atomic E-state index is 0.0120. The fourth-order valence-corrected chi connectivity index (χ4v) is 6.56. The summed E-state index contributed by atoms with van der Waals surface area (Å²) in [5, 5.41) is 0.428. The first-order valence-electron chi connectivity index (χ1n) is 10.0. The van der Waals surface area contributed by atoms with Crippen LogP contribution in [0.1, 0.15) is 45.3 Å². The van der Waals surface area contributed by atoms with E-state index in [-0.39, 0.29) is 28.3 Å². The van der Waals surface area contributed by atoms with Gasteiger partial charge in [0.2, 0.25) is 5.76 Å². The van der Waals surface area contributed by atoms with Crippen molar-refractivity contribution in [3.05, 3.63) is 79.1 Å². The number of aryl methyl sites for hydroxylation is 2. The van der Waals surface area contributed by atoms with Crippen molar-refractivity contribution in [2.45, 2.75) is 32.4 Å². The summed E-state index contributed by atoms with van der Waals surface area (Å²) in [6.07, 6.45) is 0.348. The Morgan fingerprint density at radius 3 is 2.39 bits per heavy atom. The molecule has 8 heteroatoms. The van der Waals surface area contributed by atoms with E-state index in [1.165, 1.54) is 0 Å². The zero-order valence-electron chi connectivity index (χ0n) is 17.0. The van der Waals surface area contributed by atoms with Crippen LogP contribution in [0.2, 0.25) is 0 Å². The maximum Gasteiger partial charge on any atom is 0.291 e. The molecule has 1 fully saturated rings. The first-order valence-corrected chi connectivity index (χ1v) is 12.6. The van der Waals surface area contributed by atoms with E-state index in [4.69, 9.17) is 4.42 Å². The predicted molar refractivity (Wildman–Crippen MR) is 121 cm³/mol. The number of carbonyl (C=O) groups excluding carboxylic acids is 1. The molecule has 0 radical (unpaired) electrons. The molecule has 0 N–H and O–H groups in total. The van der Waals surface area contributed by atoms with Gasteiger partial charge in [-0.15, -0.1) is 0 Å². The summed E-state index contributed by atoms with van der Waals surface area (Å²) < 4.78 is 31.2. The number of carbonyl (C=O) groups is 1. The number of hydrogen-bond acceptors (Lipinski definition) is 5. The van der Waals surface area contributed by atoms with Crippen LogP contribution >= 0.6 is 15.9 Å². The van der Waals surface area contributed by atoms with Gasteiger partial charge in [0.15, 0.2) is 15.3 Å². The second-order valence-electron chi connectivity index (χ2n) is 8.33. The second kappa shape index (κ2) is 7.03. The predicted octanol–water partition coefficient (Wildman–Crippen LogP) is 3.90. The smallest absolute Gasteiger partial charge is 0.291 e. The molecule has 2 aliphatic rings. The molecule has 5 rings (SSSR count). The van der Waals surface area contributed by atoms with Gasteiger partial charge in [0.05, 0.1) is 28.5 Å². The van der Waals surface area contributed by atoms with Crippen LogP contribution in [0.4, 0.5) is 0 Å². The summed E-state index contributed by atoms with van der Waals surface area (Å²) in [6, 6.07) is 9.76. The Balaban J connectivity index is 1.77. The van der Waals surface area contributed by atoms with Gasteiger partial charge in [-0.2, -0.15) is 0 Å². The Bertz CT molecular complexity index is 1410. The van der Waals surface area contributed by atoms with E-state index >= 15 is 0 Å². The standard InChI is InChI=1S/C23H20BrNO5S/c1-12-9-17-18(10-13(12)2)30-22-19(21(17)26)20(14-3-5-15(24)6-4-14)25(23(22)27)16-7-8-31(28,29)11-16/h3-6,9-10,16,20H,7-8,11H2,1-2H3. The average molecular weight is 502 g/mol. The summed E-state index contributed by atoms with van der Waals surface area (Å²) in [4.78, 5) is 28.6. The molecule has 1 saturated heterocycles. The zero-order chi connectivity index (χ0) is 22.1.